The predicted molar refractivity (Wildman–Crippen MR) is 105 cm³/mol. The molecule has 0 fully saturated rings. The highest BCUT2D eigenvalue weighted by Crippen LogP contribution is 2.32. The van der Waals surface area contributed by atoms with Crippen molar-refractivity contribution in [3.8, 4) is 5.75 Å². The molecule has 7 nitrogen and oxygen atoms in total. The van der Waals surface area contributed by atoms with Gasteiger partial charge in [0.2, 0.25) is 5.91 Å². The first kappa shape index (κ1) is 22.0. The Morgan fingerprint density at radius 1 is 1.38 bits per heavy atom. The van der Waals surface area contributed by atoms with E-state index >= 15 is 0 Å². The first-order chi connectivity index (χ1) is 12.3. The molecule has 0 aromatic heterocycles. The number of carbonyl (C=O) groups excluding carboxylic acids is 1. The molecule has 1 rings (SSSR count). The van der Waals surface area contributed by atoms with Crippen molar-refractivity contribution in [3.63, 3.8) is 0 Å². The maximum absolute atomic E-state index is 13.1. The molecule has 0 aliphatic carbocycles. The van der Waals surface area contributed by atoms with Crippen LogP contribution in [0.3, 0.4) is 0 Å². The second-order valence-electron chi connectivity index (χ2n) is 5.86. The number of hydrogen-bond acceptors (Lipinski definition) is 6. The maximum atomic E-state index is 13.1. The fourth-order valence-electron chi connectivity index (χ4n) is 2.66. The molecule has 0 aliphatic heterocycles. The second kappa shape index (κ2) is 10.2. The molecular weight excluding hydrogens is 374 g/mol. The van der Waals surface area contributed by atoms with Crippen LogP contribution in [0.1, 0.15) is 45.1 Å². The summed E-state index contributed by atoms with van der Waals surface area (Å²) < 4.78 is 30.5. The number of methoxy groups -OCH3 is 1. The number of ether oxygens (including phenoxy) is 1. The molecule has 26 heavy (non-hydrogen) atoms. The number of hydrogen-bond donors (Lipinski definition) is 1. The molecule has 2 unspecified atom stereocenters. The van der Waals surface area contributed by atoms with Gasteiger partial charge in [-0.3, -0.25) is 9.69 Å². The van der Waals surface area contributed by atoms with Gasteiger partial charge in [-0.1, -0.05) is 19.4 Å². The zero-order valence-corrected chi connectivity index (χ0v) is 17.3. The molecule has 1 amide bonds. The summed E-state index contributed by atoms with van der Waals surface area (Å²) in [6, 6.07) is 4.81. The molecule has 2 atom stereocenters. The zero-order valence-electron chi connectivity index (χ0n) is 15.6. The first-order valence-electron chi connectivity index (χ1n) is 8.30. The molecule has 0 spiro atoms. The Balaban J connectivity index is 3.27. The Morgan fingerprint density at radius 3 is 2.54 bits per heavy atom. The van der Waals surface area contributed by atoms with Crippen LogP contribution < -0.4 is 10.1 Å². The van der Waals surface area contributed by atoms with E-state index in [9.17, 15) is 13.2 Å². The van der Waals surface area contributed by atoms with Crippen molar-refractivity contribution in [1.29, 1.82) is 0 Å². The van der Waals surface area contributed by atoms with Crippen molar-refractivity contribution in [2.75, 3.05) is 14.2 Å². The van der Waals surface area contributed by atoms with Crippen LogP contribution in [0, 0.1) is 0 Å². The summed E-state index contributed by atoms with van der Waals surface area (Å²) >= 11 is 5.31. The quantitative estimate of drug-likeness (QED) is 0.709. The number of amides is 1. The monoisotopic (exact) mass is 399 g/mol. The lowest BCUT2D eigenvalue weighted by Crippen LogP contribution is -2.48. The van der Waals surface area contributed by atoms with Gasteiger partial charge < -0.3 is 10.1 Å². The number of carbonyl (C=O) groups is 1. The minimum atomic E-state index is -2.62. The van der Waals surface area contributed by atoms with Crippen LogP contribution in [0.2, 0.25) is 0 Å². The van der Waals surface area contributed by atoms with Crippen molar-refractivity contribution in [2.24, 2.45) is 4.36 Å². The summed E-state index contributed by atoms with van der Waals surface area (Å²) in [5.41, 5.74) is 0.787. The molecule has 0 radical (unpaired) electrons. The third kappa shape index (κ3) is 5.50. The van der Waals surface area contributed by atoms with Crippen LogP contribution in [-0.4, -0.2) is 44.5 Å². The smallest absolute Gasteiger partial charge is 0.316 e. The number of rotatable bonds is 7. The van der Waals surface area contributed by atoms with Crippen LogP contribution in [0.4, 0.5) is 5.69 Å². The largest absolute Gasteiger partial charge is 0.494 e. The van der Waals surface area contributed by atoms with Crippen molar-refractivity contribution >= 4 is 39.4 Å². The lowest BCUT2D eigenvalue weighted by Gasteiger charge is -2.31. The van der Waals surface area contributed by atoms with Gasteiger partial charge in [-0.2, -0.15) is 8.42 Å². The van der Waals surface area contributed by atoms with Gasteiger partial charge in [0, 0.05) is 13.1 Å². The summed E-state index contributed by atoms with van der Waals surface area (Å²) in [7, 11) is 0.488. The molecule has 1 aromatic carbocycles. The third-order valence-corrected chi connectivity index (χ3v) is 4.81. The normalized spacial score (nSPS) is 12.7. The molecule has 0 saturated carbocycles. The van der Waals surface area contributed by atoms with Crippen LogP contribution in [0.5, 0.6) is 5.75 Å². The molecule has 0 saturated heterocycles. The molecule has 144 valence electrons. The number of nitrogens with one attached hydrogen (secondary N) is 1. The van der Waals surface area contributed by atoms with Gasteiger partial charge in [0.25, 0.3) is 0 Å². The van der Waals surface area contributed by atoms with Crippen LogP contribution in [0.15, 0.2) is 22.6 Å². The van der Waals surface area contributed by atoms with E-state index in [4.69, 9.17) is 17.0 Å². The van der Waals surface area contributed by atoms with Crippen molar-refractivity contribution in [3.05, 3.63) is 23.8 Å². The van der Waals surface area contributed by atoms with Crippen molar-refractivity contribution < 1.29 is 17.9 Å². The SMILES string of the molecule is CCCC(C)N(C(=O)C(C)c1ccc(OC)c(N=S(=O)=O)c1)C(=S)NC. The van der Waals surface area contributed by atoms with E-state index in [-0.39, 0.29) is 17.6 Å². The van der Waals surface area contributed by atoms with Gasteiger partial charge in [-0.05, 0) is 50.2 Å². The van der Waals surface area contributed by atoms with E-state index in [1.165, 1.54) is 7.11 Å². The van der Waals surface area contributed by atoms with E-state index in [0.29, 0.717) is 16.4 Å². The highest BCUT2D eigenvalue weighted by atomic mass is 32.2. The molecule has 0 heterocycles. The number of benzene rings is 1. The molecule has 1 aromatic rings. The number of nitrogens with zero attached hydrogens (tertiary/aromatic N) is 2. The Hall–Kier alpha value is -2.00. The summed E-state index contributed by atoms with van der Waals surface area (Å²) in [5.74, 6) is -0.371. The number of thiocarbonyl (C=S) groups is 1. The molecule has 0 aliphatic rings. The topological polar surface area (TPSA) is 88.1 Å². The Morgan fingerprint density at radius 2 is 2.04 bits per heavy atom. The zero-order chi connectivity index (χ0) is 19.9. The van der Waals surface area contributed by atoms with Gasteiger partial charge in [0.05, 0.1) is 13.0 Å². The third-order valence-electron chi connectivity index (χ3n) is 4.06. The Bertz CT molecular complexity index is 785. The molecular formula is C17H25N3O4S2. The molecule has 0 bridgehead atoms. The molecule has 1 N–H and O–H groups in total. The van der Waals surface area contributed by atoms with E-state index < -0.39 is 16.4 Å². The van der Waals surface area contributed by atoms with Crippen molar-refractivity contribution in [1.82, 2.24) is 10.2 Å². The maximum Gasteiger partial charge on any atom is 0.316 e. The van der Waals surface area contributed by atoms with Crippen LogP contribution in [-0.2, 0) is 15.3 Å². The fraction of sp³-hybridized carbons (Fsp3) is 0.529. The fourth-order valence-corrected chi connectivity index (χ4v) is 3.24. The average molecular weight is 400 g/mol. The second-order valence-corrected chi connectivity index (χ2v) is 6.87. The van der Waals surface area contributed by atoms with Gasteiger partial charge in [-0.25, -0.2) is 0 Å². The average Bonchev–Trinajstić information content (AvgIpc) is 2.60. The summed E-state index contributed by atoms with van der Waals surface area (Å²) in [5, 5.41) is 3.23. The van der Waals surface area contributed by atoms with Gasteiger partial charge >= 0.3 is 10.5 Å². The minimum Gasteiger partial charge on any atom is -0.494 e. The van der Waals surface area contributed by atoms with E-state index in [1.807, 2.05) is 13.8 Å². The Kier molecular flexibility index (Phi) is 8.67. The van der Waals surface area contributed by atoms with Crippen LogP contribution >= 0.6 is 12.2 Å². The highest BCUT2D eigenvalue weighted by Gasteiger charge is 2.28. The van der Waals surface area contributed by atoms with Crippen molar-refractivity contribution in [2.45, 2.75) is 45.6 Å². The Labute approximate surface area is 161 Å². The van der Waals surface area contributed by atoms with Gasteiger partial charge in [-0.15, -0.1) is 4.36 Å². The standard InChI is InChI=1S/C17H25N3O4S2/c1-6-7-11(2)20(17(25)18-4)16(21)12(3)13-8-9-15(24-5)14(10-13)19-26(22)23/h8-12H,6-7H2,1-5H3,(H,18,25). The molecule has 9 heteroatoms. The summed E-state index contributed by atoms with van der Waals surface area (Å²) in [4.78, 5) is 14.6. The van der Waals surface area contributed by atoms with Gasteiger partial charge in [0.1, 0.15) is 11.4 Å². The summed E-state index contributed by atoms with van der Waals surface area (Å²) in [6.45, 7) is 5.75. The first-order valence-corrected chi connectivity index (χ1v) is 9.74. The van der Waals surface area contributed by atoms with E-state index in [0.717, 1.165) is 12.8 Å². The minimum absolute atomic E-state index is 0.0496. The summed E-state index contributed by atoms with van der Waals surface area (Å²) in [6.07, 6.45) is 1.74. The highest BCUT2D eigenvalue weighted by molar-refractivity contribution is 7.80. The van der Waals surface area contributed by atoms with E-state index in [1.54, 1.807) is 37.1 Å². The van der Waals surface area contributed by atoms with Crippen LogP contribution in [0.25, 0.3) is 0 Å². The predicted octanol–water partition coefficient (Wildman–Crippen LogP) is 3.01. The van der Waals surface area contributed by atoms with Gasteiger partial charge in [0.15, 0.2) is 5.11 Å². The van der Waals surface area contributed by atoms with E-state index in [2.05, 4.69) is 9.68 Å². The lowest BCUT2D eigenvalue weighted by atomic mass is 9.98. The lowest BCUT2D eigenvalue weighted by molar-refractivity contribution is -0.130.